The van der Waals surface area contributed by atoms with Gasteiger partial charge in [0.2, 0.25) is 0 Å². The van der Waals surface area contributed by atoms with E-state index in [1.807, 2.05) is 19.9 Å². The first-order chi connectivity index (χ1) is 8.61. The minimum absolute atomic E-state index is 0.250. The van der Waals surface area contributed by atoms with Gasteiger partial charge in [0.25, 0.3) is 0 Å². The van der Waals surface area contributed by atoms with Crippen LogP contribution in [-0.2, 0) is 0 Å². The Labute approximate surface area is 111 Å². The van der Waals surface area contributed by atoms with Crippen molar-refractivity contribution >= 4 is 11.3 Å². The van der Waals surface area contributed by atoms with E-state index in [9.17, 15) is 0 Å². The molecule has 18 heavy (non-hydrogen) atoms. The summed E-state index contributed by atoms with van der Waals surface area (Å²) in [5.41, 5.74) is 3.11. The van der Waals surface area contributed by atoms with Gasteiger partial charge in [0, 0.05) is 17.0 Å². The summed E-state index contributed by atoms with van der Waals surface area (Å²) in [6.07, 6.45) is 0. The SMILES string of the molecule is CCNC(C)c1nnc(-c2ccc(C)nc2C)s1. The average molecular weight is 262 g/mol. The number of hydrogen-bond acceptors (Lipinski definition) is 5. The van der Waals surface area contributed by atoms with Crippen LogP contribution in [0, 0.1) is 13.8 Å². The maximum atomic E-state index is 4.46. The Bertz CT molecular complexity index is 536. The molecule has 4 nitrogen and oxygen atoms in total. The third-order valence-corrected chi connectivity index (χ3v) is 3.92. The van der Waals surface area contributed by atoms with Gasteiger partial charge in [-0.25, -0.2) is 0 Å². The summed E-state index contributed by atoms with van der Waals surface area (Å²) < 4.78 is 0. The minimum Gasteiger partial charge on any atom is -0.308 e. The Balaban J connectivity index is 2.29. The molecule has 0 aromatic carbocycles. The van der Waals surface area contributed by atoms with Gasteiger partial charge in [0.15, 0.2) is 0 Å². The van der Waals surface area contributed by atoms with Gasteiger partial charge in [-0.1, -0.05) is 18.3 Å². The van der Waals surface area contributed by atoms with E-state index in [2.05, 4.69) is 40.4 Å². The zero-order valence-corrected chi connectivity index (χ0v) is 12.0. The van der Waals surface area contributed by atoms with E-state index in [0.29, 0.717) is 0 Å². The molecular formula is C13H18N4S. The van der Waals surface area contributed by atoms with Crippen molar-refractivity contribution < 1.29 is 0 Å². The summed E-state index contributed by atoms with van der Waals surface area (Å²) in [4.78, 5) is 4.46. The molecule has 2 heterocycles. The molecule has 0 radical (unpaired) electrons. The molecule has 0 aliphatic heterocycles. The lowest BCUT2D eigenvalue weighted by atomic mass is 10.2. The van der Waals surface area contributed by atoms with E-state index in [0.717, 1.165) is 33.5 Å². The maximum Gasteiger partial charge on any atom is 0.149 e. The largest absolute Gasteiger partial charge is 0.308 e. The van der Waals surface area contributed by atoms with Crippen LogP contribution in [0.5, 0.6) is 0 Å². The second-order valence-electron chi connectivity index (χ2n) is 4.31. The van der Waals surface area contributed by atoms with E-state index in [4.69, 9.17) is 0 Å². The molecule has 0 aliphatic carbocycles. The molecule has 0 fully saturated rings. The fraction of sp³-hybridized carbons (Fsp3) is 0.462. The maximum absolute atomic E-state index is 4.46. The van der Waals surface area contributed by atoms with E-state index in [1.54, 1.807) is 11.3 Å². The molecule has 0 amide bonds. The lowest BCUT2D eigenvalue weighted by molar-refractivity contribution is 0.590. The molecule has 5 heteroatoms. The Morgan fingerprint density at radius 2 is 2.06 bits per heavy atom. The smallest absolute Gasteiger partial charge is 0.149 e. The average Bonchev–Trinajstić information content (AvgIpc) is 2.78. The molecule has 2 aromatic rings. The van der Waals surface area contributed by atoms with Crippen molar-refractivity contribution in [3.63, 3.8) is 0 Å². The summed E-state index contributed by atoms with van der Waals surface area (Å²) in [6, 6.07) is 4.33. The first-order valence-corrected chi connectivity index (χ1v) is 6.95. The fourth-order valence-electron chi connectivity index (χ4n) is 1.82. The summed E-state index contributed by atoms with van der Waals surface area (Å²) in [5.74, 6) is 0. The van der Waals surface area contributed by atoms with E-state index in [1.165, 1.54) is 0 Å². The van der Waals surface area contributed by atoms with Crippen molar-refractivity contribution in [3.8, 4) is 10.6 Å². The number of aromatic nitrogens is 3. The number of nitrogens with zero attached hydrogens (tertiary/aromatic N) is 3. The molecule has 0 saturated carbocycles. The molecule has 2 rings (SSSR count). The predicted octanol–water partition coefficient (Wildman–Crippen LogP) is 2.89. The number of pyridine rings is 1. The fourth-order valence-corrected chi connectivity index (χ4v) is 2.77. The van der Waals surface area contributed by atoms with Crippen LogP contribution in [0.15, 0.2) is 12.1 Å². The number of aryl methyl sites for hydroxylation is 2. The Morgan fingerprint density at radius 3 is 2.72 bits per heavy atom. The molecule has 1 N–H and O–H groups in total. The minimum atomic E-state index is 0.250. The summed E-state index contributed by atoms with van der Waals surface area (Å²) in [5, 5.41) is 13.8. The Kier molecular flexibility index (Phi) is 4.04. The van der Waals surface area contributed by atoms with Gasteiger partial charge < -0.3 is 5.32 Å². The van der Waals surface area contributed by atoms with Gasteiger partial charge in [-0.05, 0) is 39.4 Å². The second kappa shape index (κ2) is 5.54. The van der Waals surface area contributed by atoms with Gasteiger partial charge in [-0.2, -0.15) is 0 Å². The molecule has 1 unspecified atom stereocenters. The third kappa shape index (κ3) is 2.73. The lowest BCUT2D eigenvalue weighted by Crippen LogP contribution is -2.17. The van der Waals surface area contributed by atoms with Crippen LogP contribution in [0.2, 0.25) is 0 Å². The lowest BCUT2D eigenvalue weighted by Gasteiger charge is -2.06. The highest BCUT2D eigenvalue weighted by Gasteiger charge is 2.13. The molecule has 0 spiro atoms. The van der Waals surface area contributed by atoms with Crippen molar-refractivity contribution in [3.05, 3.63) is 28.5 Å². The third-order valence-electron chi connectivity index (χ3n) is 2.78. The van der Waals surface area contributed by atoms with Gasteiger partial charge in [0.05, 0.1) is 6.04 Å². The standard InChI is InChI=1S/C13H18N4S/c1-5-14-10(4)12-16-17-13(18-12)11-7-6-8(2)15-9(11)3/h6-7,10,14H,5H2,1-4H3. The first kappa shape index (κ1) is 13.1. The van der Waals surface area contributed by atoms with E-state index in [-0.39, 0.29) is 6.04 Å². The molecule has 0 aliphatic rings. The predicted molar refractivity (Wildman–Crippen MR) is 74.7 cm³/mol. The van der Waals surface area contributed by atoms with Crippen molar-refractivity contribution in [2.75, 3.05) is 6.54 Å². The molecule has 96 valence electrons. The second-order valence-corrected chi connectivity index (χ2v) is 5.32. The highest BCUT2D eigenvalue weighted by atomic mass is 32.1. The van der Waals surface area contributed by atoms with Crippen LogP contribution < -0.4 is 5.32 Å². The monoisotopic (exact) mass is 262 g/mol. The zero-order valence-electron chi connectivity index (χ0n) is 11.2. The molecule has 0 bridgehead atoms. The zero-order chi connectivity index (χ0) is 13.1. The number of nitrogens with one attached hydrogen (secondary N) is 1. The summed E-state index contributed by atoms with van der Waals surface area (Å²) in [6.45, 7) is 9.13. The van der Waals surface area contributed by atoms with Gasteiger partial charge in [-0.3, -0.25) is 4.98 Å². The van der Waals surface area contributed by atoms with Crippen molar-refractivity contribution in [2.45, 2.75) is 33.7 Å². The molecule has 1 atom stereocenters. The highest BCUT2D eigenvalue weighted by molar-refractivity contribution is 7.14. The highest BCUT2D eigenvalue weighted by Crippen LogP contribution is 2.28. The quantitative estimate of drug-likeness (QED) is 0.920. The molecule has 2 aromatic heterocycles. The normalized spacial score (nSPS) is 12.7. The van der Waals surface area contributed by atoms with Crippen LogP contribution in [-0.4, -0.2) is 21.7 Å². The molecular weight excluding hydrogens is 244 g/mol. The van der Waals surface area contributed by atoms with Crippen LogP contribution in [0.3, 0.4) is 0 Å². The topological polar surface area (TPSA) is 50.7 Å². The van der Waals surface area contributed by atoms with E-state index >= 15 is 0 Å². The van der Waals surface area contributed by atoms with Crippen LogP contribution in [0.1, 0.15) is 36.3 Å². The van der Waals surface area contributed by atoms with Crippen molar-refractivity contribution in [2.24, 2.45) is 0 Å². The Hall–Kier alpha value is -1.33. The van der Waals surface area contributed by atoms with Crippen molar-refractivity contribution in [1.82, 2.24) is 20.5 Å². The van der Waals surface area contributed by atoms with Crippen molar-refractivity contribution in [1.29, 1.82) is 0 Å². The van der Waals surface area contributed by atoms with Crippen LogP contribution in [0.25, 0.3) is 10.6 Å². The van der Waals surface area contributed by atoms with Gasteiger partial charge in [0.1, 0.15) is 10.0 Å². The number of hydrogen-bond donors (Lipinski definition) is 1. The summed E-state index contributed by atoms with van der Waals surface area (Å²) in [7, 11) is 0. The number of rotatable bonds is 4. The Morgan fingerprint density at radius 1 is 1.28 bits per heavy atom. The first-order valence-electron chi connectivity index (χ1n) is 6.13. The van der Waals surface area contributed by atoms with Crippen LogP contribution >= 0.6 is 11.3 Å². The van der Waals surface area contributed by atoms with Crippen LogP contribution in [0.4, 0.5) is 0 Å². The summed E-state index contributed by atoms with van der Waals surface area (Å²) >= 11 is 1.63. The van der Waals surface area contributed by atoms with E-state index < -0.39 is 0 Å². The van der Waals surface area contributed by atoms with Gasteiger partial charge in [-0.15, -0.1) is 10.2 Å². The molecule has 0 saturated heterocycles. The van der Waals surface area contributed by atoms with Gasteiger partial charge >= 0.3 is 0 Å².